The Morgan fingerprint density at radius 2 is 1.97 bits per heavy atom. The summed E-state index contributed by atoms with van der Waals surface area (Å²) in [4.78, 5) is 3.17. The van der Waals surface area contributed by atoms with Gasteiger partial charge < -0.3 is 4.90 Å². The van der Waals surface area contributed by atoms with Crippen LogP contribution in [0.4, 0.5) is 5.69 Å². The summed E-state index contributed by atoms with van der Waals surface area (Å²) in [6.07, 6.45) is 2.49. The van der Waals surface area contributed by atoms with Crippen LogP contribution in [0.15, 0.2) is 64.5 Å². The smallest absolute Gasteiger partial charge is 0.265 e. The SMILES string of the molecule is CC[n+]1c(/C=C2\Sc3ccc(Cl)cc3N2CCCS(=O)(=O)O)sc2ccc3ccccc3c21. The summed E-state index contributed by atoms with van der Waals surface area (Å²) in [5.41, 5.74) is 2.19. The van der Waals surface area contributed by atoms with Crippen LogP contribution >= 0.6 is 34.7 Å². The highest BCUT2D eigenvalue weighted by Crippen LogP contribution is 2.48. The molecule has 0 radical (unpaired) electrons. The Bertz CT molecular complexity index is 1510. The van der Waals surface area contributed by atoms with E-state index in [1.54, 1.807) is 23.1 Å². The van der Waals surface area contributed by atoms with E-state index in [1.165, 1.54) is 21.0 Å². The summed E-state index contributed by atoms with van der Waals surface area (Å²) >= 11 is 9.66. The number of nitrogens with zero attached hydrogens (tertiary/aromatic N) is 2. The number of fused-ring (bicyclic) bond motifs is 4. The Hall–Kier alpha value is -2.10. The fraction of sp³-hybridized carbons (Fsp3) is 0.208. The first kappa shape index (κ1) is 22.7. The highest BCUT2D eigenvalue weighted by atomic mass is 35.5. The van der Waals surface area contributed by atoms with E-state index >= 15 is 0 Å². The second-order valence-electron chi connectivity index (χ2n) is 7.81. The van der Waals surface area contributed by atoms with Crippen molar-refractivity contribution in [3.63, 3.8) is 0 Å². The van der Waals surface area contributed by atoms with Crippen LogP contribution in [0.3, 0.4) is 0 Å². The van der Waals surface area contributed by atoms with Crippen molar-refractivity contribution in [2.75, 3.05) is 17.2 Å². The molecule has 1 aliphatic rings. The Morgan fingerprint density at radius 1 is 1.15 bits per heavy atom. The van der Waals surface area contributed by atoms with E-state index in [9.17, 15) is 13.0 Å². The van der Waals surface area contributed by atoms with Gasteiger partial charge in [0.25, 0.3) is 15.1 Å². The molecular formula is C24H22ClN2O3S3+. The number of aryl methyl sites for hydroxylation is 1. The summed E-state index contributed by atoms with van der Waals surface area (Å²) in [7, 11) is -4.01. The molecule has 5 nitrogen and oxygen atoms in total. The van der Waals surface area contributed by atoms with E-state index in [4.69, 9.17) is 11.6 Å². The van der Waals surface area contributed by atoms with Crippen molar-refractivity contribution in [1.82, 2.24) is 0 Å². The molecule has 0 fully saturated rings. The van der Waals surface area contributed by atoms with Crippen LogP contribution in [0.25, 0.3) is 27.1 Å². The molecule has 0 unspecified atom stereocenters. The Labute approximate surface area is 206 Å². The van der Waals surface area contributed by atoms with Gasteiger partial charge in [-0.15, -0.1) is 0 Å². The van der Waals surface area contributed by atoms with Gasteiger partial charge in [-0.1, -0.05) is 59.0 Å². The molecule has 0 amide bonds. The van der Waals surface area contributed by atoms with Crippen molar-refractivity contribution >= 4 is 77.6 Å². The number of aromatic nitrogens is 1. The largest absolute Gasteiger partial charge is 0.335 e. The lowest BCUT2D eigenvalue weighted by Crippen LogP contribution is -2.34. The standard InChI is InChI=1S/C24H21ClN2O3S3/c1-2-26-22(32-21-10-8-16-6-3-4-7-18(16)24(21)26)15-23-27(12-5-13-33(28,29)30)19-14-17(25)9-11-20(19)31-23/h3-4,6-11,14-15H,2,5,12-13H2,1H3/p+1. The van der Waals surface area contributed by atoms with Crippen molar-refractivity contribution < 1.29 is 17.5 Å². The number of hydrogen-bond donors (Lipinski definition) is 1. The highest BCUT2D eigenvalue weighted by molar-refractivity contribution is 8.03. The first-order valence-electron chi connectivity index (χ1n) is 10.6. The molecule has 9 heteroatoms. The van der Waals surface area contributed by atoms with Crippen LogP contribution in [0.5, 0.6) is 0 Å². The van der Waals surface area contributed by atoms with Gasteiger partial charge in [-0.05, 0) is 49.1 Å². The maximum absolute atomic E-state index is 11.3. The summed E-state index contributed by atoms with van der Waals surface area (Å²) in [5.74, 6) is -0.277. The van der Waals surface area contributed by atoms with E-state index in [1.807, 2.05) is 18.2 Å². The molecular weight excluding hydrogens is 496 g/mol. The zero-order valence-corrected chi connectivity index (χ0v) is 21.1. The van der Waals surface area contributed by atoms with Crippen LogP contribution in [0, 0.1) is 0 Å². The predicted molar refractivity (Wildman–Crippen MR) is 139 cm³/mol. The monoisotopic (exact) mass is 517 g/mol. The molecule has 0 aliphatic carbocycles. The molecule has 0 bridgehead atoms. The number of thioether (sulfide) groups is 1. The molecule has 1 N–H and O–H groups in total. The first-order chi connectivity index (χ1) is 15.8. The number of thiazole rings is 1. The molecule has 170 valence electrons. The number of halogens is 1. The molecule has 0 atom stereocenters. The van der Waals surface area contributed by atoms with Crippen molar-refractivity contribution in [3.05, 3.63) is 69.7 Å². The predicted octanol–water partition coefficient (Wildman–Crippen LogP) is 6.20. The van der Waals surface area contributed by atoms with Gasteiger partial charge in [0.1, 0.15) is 11.2 Å². The van der Waals surface area contributed by atoms with Gasteiger partial charge in [0.15, 0.2) is 0 Å². The van der Waals surface area contributed by atoms with Crippen molar-refractivity contribution in [2.45, 2.75) is 24.8 Å². The van der Waals surface area contributed by atoms with E-state index in [2.05, 4.69) is 58.9 Å². The van der Waals surface area contributed by atoms with E-state index in [-0.39, 0.29) is 5.75 Å². The molecule has 0 saturated carbocycles. The lowest BCUT2D eigenvalue weighted by Gasteiger charge is -2.20. The number of anilines is 1. The normalized spacial score (nSPS) is 15.1. The van der Waals surface area contributed by atoms with Crippen LogP contribution in [-0.2, 0) is 16.7 Å². The topological polar surface area (TPSA) is 61.5 Å². The van der Waals surface area contributed by atoms with E-state index in [0.29, 0.717) is 18.0 Å². The summed E-state index contributed by atoms with van der Waals surface area (Å²) in [6, 6.07) is 18.5. The molecule has 1 aliphatic heterocycles. The third-order valence-electron chi connectivity index (χ3n) is 5.65. The van der Waals surface area contributed by atoms with Crippen LogP contribution in [0.2, 0.25) is 5.02 Å². The van der Waals surface area contributed by atoms with Crippen molar-refractivity contribution in [2.24, 2.45) is 0 Å². The molecule has 4 aromatic rings. The highest BCUT2D eigenvalue weighted by Gasteiger charge is 2.28. The third kappa shape index (κ3) is 4.50. The molecule has 33 heavy (non-hydrogen) atoms. The second-order valence-corrected chi connectivity index (χ2v) is 11.9. The fourth-order valence-corrected chi connectivity index (χ4v) is 7.24. The van der Waals surface area contributed by atoms with Gasteiger partial charge in [0, 0.05) is 16.5 Å². The molecule has 1 aromatic heterocycles. The number of benzene rings is 3. The lowest BCUT2D eigenvalue weighted by atomic mass is 10.1. The molecule has 0 spiro atoms. The Kier molecular flexibility index (Phi) is 6.13. The van der Waals surface area contributed by atoms with Gasteiger partial charge in [-0.2, -0.15) is 13.0 Å². The number of rotatable bonds is 6. The third-order valence-corrected chi connectivity index (χ3v) is 8.90. The number of hydrogen-bond acceptors (Lipinski definition) is 5. The van der Waals surface area contributed by atoms with E-state index < -0.39 is 10.1 Å². The minimum atomic E-state index is -4.01. The zero-order chi connectivity index (χ0) is 23.2. The van der Waals surface area contributed by atoms with Gasteiger partial charge in [0.2, 0.25) is 5.52 Å². The van der Waals surface area contributed by atoms with Gasteiger partial charge in [-0.3, -0.25) is 4.55 Å². The maximum Gasteiger partial charge on any atom is 0.265 e. The quantitative estimate of drug-likeness (QED) is 0.243. The Morgan fingerprint density at radius 3 is 2.76 bits per heavy atom. The van der Waals surface area contributed by atoms with Gasteiger partial charge in [-0.25, -0.2) is 0 Å². The van der Waals surface area contributed by atoms with Crippen LogP contribution in [-0.4, -0.2) is 25.3 Å². The summed E-state index contributed by atoms with van der Waals surface area (Å²) in [6.45, 7) is 3.45. The zero-order valence-electron chi connectivity index (χ0n) is 17.9. The second kappa shape index (κ2) is 8.92. The molecule has 2 heterocycles. The van der Waals surface area contributed by atoms with Crippen LogP contribution in [0.1, 0.15) is 18.4 Å². The molecule has 0 saturated heterocycles. The maximum atomic E-state index is 11.3. The van der Waals surface area contributed by atoms with Gasteiger partial charge in [0.05, 0.1) is 27.9 Å². The summed E-state index contributed by atoms with van der Waals surface area (Å²) in [5, 5.41) is 5.23. The van der Waals surface area contributed by atoms with Crippen LogP contribution < -0.4 is 9.47 Å². The van der Waals surface area contributed by atoms with Crippen molar-refractivity contribution in [1.29, 1.82) is 0 Å². The Balaban J connectivity index is 1.60. The molecule has 5 rings (SSSR count). The minimum absolute atomic E-state index is 0.277. The minimum Gasteiger partial charge on any atom is -0.335 e. The molecule has 3 aromatic carbocycles. The van der Waals surface area contributed by atoms with Crippen molar-refractivity contribution in [3.8, 4) is 0 Å². The average molecular weight is 518 g/mol. The average Bonchev–Trinajstić information content (AvgIpc) is 3.30. The summed E-state index contributed by atoms with van der Waals surface area (Å²) < 4.78 is 35.3. The first-order valence-corrected chi connectivity index (χ1v) is 14.2. The fourth-order valence-electron chi connectivity index (χ4n) is 4.22. The van der Waals surface area contributed by atoms with E-state index in [0.717, 1.165) is 27.2 Å². The lowest BCUT2D eigenvalue weighted by molar-refractivity contribution is -0.664. The van der Waals surface area contributed by atoms with Gasteiger partial charge >= 0.3 is 0 Å².